The summed E-state index contributed by atoms with van der Waals surface area (Å²) < 4.78 is 12.1. The van der Waals surface area contributed by atoms with Crippen LogP contribution in [0.1, 0.15) is 5.56 Å². The molecule has 4 N–H and O–H groups in total. The molecule has 1 amide bonds. The number of aliphatic hydroxyl groups excluding tert-OH is 1. The molecule has 1 aliphatic heterocycles. The van der Waals surface area contributed by atoms with Crippen LogP contribution in [0.4, 0.5) is 0 Å². The Morgan fingerprint density at radius 3 is 2.76 bits per heavy atom. The number of nitrogens with zero attached hydrogens (tertiary/aromatic N) is 2. The fraction of sp³-hybridized carbons (Fsp3) is 0.375. The number of nitriles is 1. The van der Waals surface area contributed by atoms with Gasteiger partial charge in [-0.3, -0.25) is 9.36 Å². The van der Waals surface area contributed by atoms with Crippen molar-refractivity contribution >= 4 is 17.0 Å². The van der Waals surface area contributed by atoms with Gasteiger partial charge in [-0.05, 0) is 28.8 Å². The third kappa shape index (κ3) is 5.03. The van der Waals surface area contributed by atoms with Gasteiger partial charge in [0.15, 0.2) is 5.58 Å². The number of rotatable bonds is 6. The Morgan fingerprint density at radius 2 is 2.06 bits per heavy atom. The first-order valence-electron chi connectivity index (χ1n) is 10.9. The lowest BCUT2D eigenvalue weighted by atomic mass is 10.0. The number of aryl methyl sites for hydroxylation is 1. The number of fused-ring (bicyclic) bond motifs is 1. The maximum absolute atomic E-state index is 12.6. The average Bonchev–Trinajstić information content (AvgIpc) is 3.00. The van der Waals surface area contributed by atoms with Crippen molar-refractivity contribution in [1.82, 2.24) is 15.2 Å². The maximum atomic E-state index is 12.6. The third-order valence-electron chi connectivity index (χ3n) is 5.91. The minimum absolute atomic E-state index is 0.102. The van der Waals surface area contributed by atoms with E-state index in [2.05, 4.69) is 16.7 Å². The molecule has 178 valence electrons. The van der Waals surface area contributed by atoms with Gasteiger partial charge in [-0.15, -0.1) is 0 Å². The van der Waals surface area contributed by atoms with Gasteiger partial charge in [-0.2, -0.15) is 5.26 Å². The van der Waals surface area contributed by atoms with Gasteiger partial charge in [-0.25, -0.2) is 4.79 Å². The quantitative estimate of drug-likeness (QED) is 0.398. The Hall–Kier alpha value is -3.49. The average molecular weight is 466 g/mol. The highest BCUT2D eigenvalue weighted by Gasteiger charge is 2.33. The van der Waals surface area contributed by atoms with Crippen molar-refractivity contribution in [3.8, 4) is 17.2 Å². The lowest BCUT2D eigenvalue weighted by Crippen LogP contribution is -2.46. The van der Waals surface area contributed by atoms with Gasteiger partial charge in [0.1, 0.15) is 17.7 Å². The molecule has 34 heavy (non-hydrogen) atoms. The van der Waals surface area contributed by atoms with Crippen molar-refractivity contribution < 1.29 is 24.2 Å². The molecule has 0 bridgehead atoms. The van der Waals surface area contributed by atoms with Crippen LogP contribution >= 0.6 is 0 Å². The zero-order valence-corrected chi connectivity index (χ0v) is 18.7. The second-order valence-electron chi connectivity index (χ2n) is 8.51. The summed E-state index contributed by atoms with van der Waals surface area (Å²) in [5, 5.41) is 34.5. The minimum Gasteiger partial charge on any atom is -0.408 e. The van der Waals surface area contributed by atoms with Crippen LogP contribution in [0.15, 0.2) is 51.7 Å². The molecule has 3 atom stereocenters. The Kier molecular flexibility index (Phi) is 6.81. The van der Waals surface area contributed by atoms with Gasteiger partial charge in [-0.1, -0.05) is 30.3 Å². The number of benzene rings is 2. The van der Waals surface area contributed by atoms with Crippen LogP contribution in [0.25, 0.3) is 22.2 Å². The van der Waals surface area contributed by atoms with Crippen LogP contribution in [-0.4, -0.2) is 64.7 Å². The summed E-state index contributed by atoms with van der Waals surface area (Å²) in [5.74, 6) is -0.877. The van der Waals surface area contributed by atoms with Gasteiger partial charge in [0.25, 0.3) is 5.91 Å². The molecule has 0 aliphatic carbocycles. The fourth-order valence-corrected chi connectivity index (χ4v) is 3.84. The lowest BCUT2D eigenvalue weighted by Gasteiger charge is -2.23. The Bertz CT molecular complexity index is 1280. The number of carbonyl (C=O) groups is 1. The van der Waals surface area contributed by atoms with Gasteiger partial charge < -0.3 is 30.0 Å². The summed E-state index contributed by atoms with van der Waals surface area (Å²) in [5.41, 5.74) is 2.50. The molecule has 0 saturated carbocycles. The molecule has 0 unspecified atom stereocenters. The first-order chi connectivity index (χ1) is 16.3. The minimum atomic E-state index is -1.44. The number of carbonyl (C=O) groups excluding carboxylic acids is 1. The molecule has 1 fully saturated rings. The molecule has 4 rings (SSSR count). The first-order valence-corrected chi connectivity index (χ1v) is 10.9. The maximum Gasteiger partial charge on any atom is 0.419 e. The highest BCUT2D eigenvalue weighted by atomic mass is 16.5. The van der Waals surface area contributed by atoms with E-state index in [0.29, 0.717) is 17.5 Å². The van der Waals surface area contributed by atoms with Crippen molar-refractivity contribution in [3.05, 3.63) is 58.6 Å². The molecular formula is C24H26N4O6. The summed E-state index contributed by atoms with van der Waals surface area (Å²) in [6, 6.07) is 14.4. The molecule has 1 aliphatic rings. The van der Waals surface area contributed by atoms with E-state index in [0.717, 1.165) is 16.7 Å². The number of aromatic nitrogens is 1. The number of oxazole rings is 1. The number of ether oxygens (including phenoxy) is 1. The van der Waals surface area contributed by atoms with E-state index in [1.165, 1.54) is 4.57 Å². The van der Waals surface area contributed by atoms with E-state index in [-0.39, 0.29) is 19.7 Å². The SMILES string of the molecule is Cn1c(=O)oc2ccc(-c3ccc(C[C@@H](C#N)NC(=O)[C@@H]4CNC[C@](O)(CO)CO4)cc3)cc21. The summed E-state index contributed by atoms with van der Waals surface area (Å²) >= 11 is 0. The van der Waals surface area contributed by atoms with E-state index in [1.807, 2.05) is 36.4 Å². The number of amides is 1. The molecule has 2 heterocycles. The van der Waals surface area contributed by atoms with Crippen LogP contribution in [0.2, 0.25) is 0 Å². The van der Waals surface area contributed by atoms with Crippen LogP contribution in [0.5, 0.6) is 0 Å². The van der Waals surface area contributed by atoms with Crippen LogP contribution in [0, 0.1) is 11.3 Å². The second-order valence-corrected chi connectivity index (χ2v) is 8.51. The summed E-state index contributed by atoms with van der Waals surface area (Å²) in [7, 11) is 1.65. The van der Waals surface area contributed by atoms with Crippen LogP contribution in [-0.2, 0) is 23.0 Å². The van der Waals surface area contributed by atoms with E-state index < -0.39 is 36.0 Å². The number of hydrogen-bond donors (Lipinski definition) is 4. The zero-order chi connectivity index (χ0) is 24.3. The number of hydrogen-bond acceptors (Lipinski definition) is 8. The molecule has 10 nitrogen and oxygen atoms in total. The Labute approximate surface area is 195 Å². The molecule has 1 aromatic heterocycles. The molecule has 2 aromatic carbocycles. The molecule has 10 heteroatoms. The highest BCUT2D eigenvalue weighted by Crippen LogP contribution is 2.24. The number of β-amino-alcohol motifs (C(OH)–C–C–N with tert-alkyl or cyclic N) is 1. The largest absolute Gasteiger partial charge is 0.419 e. The van der Waals surface area contributed by atoms with E-state index in [1.54, 1.807) is 13.1 Å². The van der Waals surface area contributed by atoms with Crippen molar-refractivity contribution in [2.75, 3.05) is 26.3 Å². The van der Waals surface area contributed by atoms with Crippen LogP contribution in [0.3, 0.4) is 0 Å². The molecule has 3 aromatic rings. The lowest BCUT2D eigenvalue weighted by molar-refractivity contribution is -0.137. The molecule has 0 spiro atoms. The van der Waals surface area contributed by atoms with Crippen molar-refractivity contribution in [2.45, 2.75) is 24.2 Å². The summed E-state index contributed by atoms with van der Waals surface area (Å²) in [6.07, 6.45) is -0.578. The molecule has 0 radical (unpaired) electrons. The van der Waals surface area contributed by atoms with Crippen LogP contribution < -0.4 is 16.4 Å². The van der Waals surface area contributed by atoms with Gasteiger partial charge in [0, 0.05) is 26.6 Å². The van der Waals surface area contributed by atoms with Gasteiger partial charge >= 0.3 is 5.76 Å². The van der Waals surface area contributed by atoms with E-state index in [9.17, 15) is 25.1 Å². The summed E-state index contributed by atoms with van der Waals surface area (Å²) in [4.78, 5) is 24.3. The fourth-order valence-electron chi connectivity index (χ4n) is 3.84. The van der Waals surface area contributed by atoms with E-state index >= 15 is 0 Å². The van der Waals surface area contributed by atoms with Gasteiger partial charge in [0.05, 0.1) is 24.8 Å². The van der Waals surface area contributed by atoms with Crippen molar-refractivity contribution in [2.24, 2.45) is 7.05 Å². The van der Waals surface area contributed by atoms with E-state index in [4.69, 9.17) is 9.15 Å². The summed E-state index contributed by atoms with van der Waals surface area (Å²) in [6.45, 7) is -0.413. The first kappa shape index (κ1) is 23.7. The predicted octanol–water partition coefficient (Wildman–Crippen LogP) is 0.0612. The third-order valence-corrected chi connectivity index (χ3v) is 5.91. The van der Waals surface area contributed by atoms with Crippen molar-refractivity contribution in [1.29, 1.82) is 5.26 Å². The topological polar surface area (TPSA) is 150 Å². The highest BCUT2D eigenvalue weighted by molar-refractivity contribution is 5.82. The Morgan fingerprint density at radius 1 is 1.32 bits per heavy atom. The molecule has 1 saturated heterocycles. The van der Waals surface area contributed by atoms with Crippen molar-refractivity contribution in [3.63, 3.8) is 0 Å². The Balaban J connectivity index is 1.40. The standard InChI is InChI=1S/C24H26N4O6/c1-28-19-9-17(6-7-20(19)34-23(28)31)16-4-2-15(3-5-16)8-18(10-25)27-22(30)21-11-26-12-24(32,13-29)14-33-21/h2-7,9,18,21,26,29,32H,8,11-14H2,1H3,(H,27,30)/t18-,21-,24-/m0/s1. The second kappa shape index (κ2) is 9.79. The smallest absolute Gasteiger partial charge is 0.408 e. The number of nitrogens with one attached hydrogen (secondary N) is 2. The predicted molar refractivity (Wildman–Crippen MR) is 123 cm³/mol. The molecular weight excluding hydrogens is 440 g/mol. The normalized spacial score (nSPS) is 21.5. The van der Waals surface area contributed by atoms with Gasteiger partial charge in [0.2, 0.25) is 0 Å². The zero-order valence-electron chi connectivity index (χ0n) is 18.7. The monoisotopic (exact) mass is 466 g/mol. The number of aliphatic hydroxyl groups is 2.